The van der Waals surface area contributed by atoms with Crippen molar-refractivity contribution in [1.82, 2.24) is 0 Å². The fraction of sp³-hybridized carbons (Fsp3) is 0.0667. The number of carbonyl (C=O) groups excluding carboxylic acids is 2. The first kappa shape index (κ1) is 16.7. The van der Waals surface area contributed by atoms with E-state index in [9.17, 15) is 23.5 Å². The molecule has 0 aliphatic carbocycles. The first-order chi connectivity index (χ1) is 10.9. The summed E-state index contributed by atoms with van der Waals surface area (Å²) in [4.78, 5) is 23.3. The van der Waals surface area contributed by atoms with E-state index in [0.29, 0.717) is 0 Å². The van der Waals surface area contributed by atoms with Crippen molar-refractivity contribution in [2.75, 3.05) is 11.9 Å². The Morgan fingerprint density at radius 3 is 2.65 bits per heavy atom. The average Bonchev–Trinajstić information content (AvgIpc) is 2.51. The zero-order chi connectivity index (χ0) is 17.0. The Kier molecular flexibility index (Phi) is 5.13. The number of phenols is 1. The number of hydrogen-bond donors (Lipinski definition) is 2. The van der Waals surface area contributed by atoms with Crippen molar-refractivity contribution < 1.29 is 28.2 Å². The molecule has 0 atom stereocenters. The van der Waals surface area contributed by atoms with Gasteiger partial charge in [-0.05, 0) is 30.3 Å². The molecule has 2 aromatic carbocycles. The van der Waals surface area contributed by atoms with Gasteiger partial charge in [-0.1, -0.05) is 11.6 Å². The van der Waals surface area contributed by atoms with Crippen LogP contribution in [-0.2, 0) is 9.53 Å². The van der Waals surface area contributed by atoms with E-state index >= 15 is 0 Å². The third kappa shape index (κ3) is 4.40. The minimum absolute atomic E-state index is 0.195. The highest BCUT2D eigenvalue weighted by Crippen LogP contribution is 2.22. The minimum Gasteiger partial charge on any atom is -0.507 e. The normalized spacial score (nSPS) is 10.2. The third-order valence-corrected chi connectivity index (χ3v) is 2.95. The van der Waals surface area contributed by atoms with E-state index in [4.69, 9.17) is 11.6 Å². The van der Waals surface area contributed by atoms with Gasteiger partial charge in [-0.2, -0.15) is 0 Å². The number of esters is 1. The van der Waals surface area contributed by atoms with Crippen LogP contribution < -0.4 is 5.32 Å². The van der Waals surface area contributed by atoms with E-state index in [1.54, 1.807) is 0 Å². The molecule has 0 spiro atoms. The van der Waals surface area contributed by atoms with E-state index in [1.807, 2.05) is 0 Å². The molecule has 0 fully saturated rings. The maximum absolute atomic E-state index is 13.4. The van der Waals surface area contributed by atoms with Crippen molar-refractivity contribution in [2.24, 2.45) is 0 Å². The molecule has 0 radical (unpaired) electrons. The van der Waals surface area contributed by atoms with Crippen LogP contribution in [0.25, 0.3) is 0 Å². The molecule has 0 bridgehead atoms. The molecule has 0 heterocycles. The number of rotatable bonds is 4. The number of nitrogens with one attached hydrogen (secondary N) is 1. The second-order valence-electron chi connectivity index (χ2n) is 4.41. The van der Waals surface area contributed by atoms with Crippen LogP contribution in [0.1, 0.15) is 10.4 Å². The van der Waals surface area contributed by atoms with Gasteiger partial charge in [-0.15, -0.1) is 0 Å². The fourth-order valence-electron chi connectivity index (χ4n) is 1.66. The number of halogens is 3. The van der Waals surface area contributed by atoms with E-state index in [-0.39, 0.29) is 22.0 Å². The van der Waals surface area contributed by atoms with Crippen molar-refractivity contribution in [1.29, 1.82) is 0 Å². The number of hydrogen-bond acceptors (Lipinski definition) is 4. The fourth-order valence-corrected chi connectivity index (χ4v) is 1.83. The molecule has 23 heavy (non-hydrogen) atoms. The summed E-state index contributed by atoms with van der Waals surface area (Å²) in [6.07, 6.45) is 0. The SMILES string of the molecule is O=C(COC(=O)c1cc(Cl)ccc1O)Nc1cc(F)ccc1F. The molecule has 0 aliphatic rings. The van der Waals surface area contributed by atoms with Gasteiger partial charge in [0.1, 0.15) is 22.9 Å². The van der Waals surface area contributed by atoms with Crippen molar-refractivity contribution >= 4 is 29.2 Å². The van der Waals surface area contributed by atoms with Crippen molar-refractivity contribution in [2.45, 2.75) is 0 Å². The van der Waals surface area contributed by atoms with E-state index in [2.05, 4.69) is 10.1 Å². The Hall–Kier alpha value is -2.67. The Bertz CT molecular complexity index is 767. The highest BCUT2D eigenvalue weighted by Gasteiger charge is 2.16. The highest BCUT2D eigenvalue weighted by atomic mass is 35.5. The molecule has 2 rings (SSSR count). The van der Waals surface area contributed by atoms with Gasteiger partial charge in [0, 0.05) is 11.1 Å². The van der Waals surface area contributed by atoms with Gasteiger partial charge in [0.25, 0.3) is 5.91 Å². The van der Waals surface area contributed by atoms with Crippen molar-refractivity contribution in [3.63, 3.8) is 0 Å². The van der Waals surface area contributed by atoms with Crippen LogP contribution in [0.5, 0.6) is 5.75 Å². The van der Waals surface area contributed by atoms with Gasteiger partial charge in [-0.3, -0.25) is 4.79 Å². The van der Waals surface area contributed by atoms with Crippen LogP contribution in [0.2, 0.25) is 5.02 Å². The van der Waals surface area contributed by atoms with Gasteiger partial charge in [0.15, 0.2) is 6.61 Å². The molecule has 2 aromatic rings. The molecule has 8 heteroatoms. The summed E-state index contributed by atoms with van der Waals surface area (Å²) in [6, 6.07) is 6.27. The zero-order valence-electron chi connectivity index (χ0n) is 11.5. The summed E-state index contributed by atoms with van der Waals surface area (Å²) in [5.41, 5.74) is -0.598. The Labute approximate surface area is 134 Å². The standard InChI is InChI=1S/C15H10ClF2NO4/c16-8-1-4-13(20)10(5-8)15(22)23-7-14(21)19-12-6-9(17)2-3-11(12)18/h1-6,20H,7H2,(H,19,21). The monoisotopic (exact) mass is 341 g/mol. The summed E-state index contributed by atoms with van der Waals surface area (Å²) in [7, 11) is 0. The first-order valence-electron chi connectivity index (χ1n) is 6.27. The number of carbonyl (C=O) groups is 2. The largest absolute Gasteiger partial charge is 0.507 e. The zero-order valence-corrected chi connectivity index (χ0v) is 12.2. The quantitative estimate of drug-likeness (QED) is 0.838. The Morgan fingerprint density at radius 1 is 1.17 bits per heavy atom. The summed E-state index contributed by atoms with van der Waals surface area (Å²) in [6.45, 7) is -0.749. The summed E-state index contributed by atoms with van der Waals surface area (Å²) in [5, 5.41) is 11.8. The van der Waals surface area contributed by atoms with Crippen LogP contribution in [0, 0.1) is 11.6 Å². The van der Waals surface area contributed by atoms with Crippen LogP contribution >= 0.6 is 11.6 Å². The van der Waals surface area contributed by atoms with Crippen LogP contribution in [0.3, 0.4) is 0 Å². The topological polar surface area (TPSA) is 75.6 Å². The van der Waals surface area contributed by atoms with Gasteiger partial charge >= 0.3 is 5.97 Å². The molecule has 1 amide bonds. The lowest BCUT2D eigenvalue weighted by atomic mass is 10.2. The molecular formula is C15H10ClF2NO4. The predicted molar refractivity (Wildman–Crippen MR) is 78.4 cm³/mol. The van der Waals surface area contributed by atoms with Gasteiger partial charge < -0.3 is 15.2 Å². The molecule has 0 saturated heterocycles. The summed E-state index contributed by atoms with van der Waals surface area (Å²) in [5.74, 6) is -3.79. The number of benzene rings is 2. The smallest absolute Gasteiger partial charge is 0.342 e. The Morgan fingerprint density at radius 2 is 1.91 bits per heavy atom. The van der Waals surface area contributed by atoms with Crippen LogP contribution in [0.4, 0.5) is 14.5 Å². The van der Waals surface area contributed by atoms with Crippen molar-refractivity contribution in [3.8, 4) is 5.75 Å². The predicted octanol–water partition coefficient (Wildman–Crippen LogP) is 3.12. The number of amides is 1. The van der Waals surface area contributed by atoms with Crippen LogP contribution in [0.15, 0.2) is 36.4 Å². The highest BCUT2D eigenvalue weighted by molar-refractivity contribution is 6.31. The molecule has 0 saturated carbocycles. The number of phenolic OH excluding ortho intramolecular Hbond substituents is 1. The third-order valence-electron chi connectivity index (χ3n) is 2.72. The Balaban J connectivity index is 1.97. The second-order valence-corrected chi connectivity index (χ2v) is 4.85. The van der Waals surface area contributed by atoms with Gasteiger partial charge in [-0.25, -0.2) is 13.6 Å². The molecule has 0 aromatic heterocycles. The average molecular weight is 342 g/mol. The lowest BCUT2D eigenvalue weighted by molar-refractivity contribution is -0.119. The summed E-state index contributed by atoms with van der Waals surface area (Å²) >= 11 is 5.69. The maximum atomic E-state index is 13.4. The lowest BCUT2D eigenvalue weighted by Crippen LogP contribution is -2.21. The van der Waals surface area contributed by atoms with E-state index < -0.39 is 30.1 Å². The second kappa shape index (κ2) is 7.06. The molecule has 120 valence electrons. The molecular weight excluding hydrogens is 332 g/mol. The molecule has 2 N–H and O–H groups in total. The number of aromatic hydroxyl groups is 1. The van der Waals surface area contributed by atoms with E-state index in [1.165, 1.54) is 18.2 Å². The van der Waals surface area contributed by atoms with Gasteiger partial charge in [0.2, 0.25) is 0 Å². The molecule has 5 nitrogen and oxygen atoms in total. The van der Waals surface area contributed by atoms with Crippen LogP contribution in [-0.4, -0.2) is 23.6 Å². The first-order valence-corrected chi connectivity index (χ1v) is 6.65. The van der Waals surface area contributed by atoms with Crippen molar-refractivity contribution in [3.05, 3.63) is 58.6 Å². The van der Waals surface area contributed by atoms with Gasteiger partial charge in [0.05, 0.1) is 5.69 Å². The number of ether oxygens (including phenoxy) is 1. The van der Waals surface area contributed by atoms with E-state index in [0.717, 1.165) is 18.2 Å². The maximum Gasteiger partial charge on any atom is 0.342 e. The molecule has 0 aliphatic heterocycles. The lowest BCUT2D eigenvalue weighted by Gasteiger charge is -2.08. The minimum atomic E-state index is -0.986. The summed E-state index contributed by atoms with van der Waals surface area (Å²) < 4.78 is 31.0. The molecule has 0 unspecified atom stereocenters. The number of anilines is 1.